The molecule has 0 saturated carbocycles. The van der Waals surface area contributed by atoms with Gasteiger partial charge in [-0.25, -0.2) is 4.99 Å². The van der Waals surface area contributed by atoms with E-state index in [2.05, 4.69) is 127 Å². The van der Waals surface area contributed by atoms with Crippen LogP contribution in [-0.2, 0) is 0 Å². The molecular weight excluding hydrogens is 524 g/mol. The fourth-order valence-corrected chi connectivity index (χ4v) is 6.73. The maximum atomic E-state index is 6.27. The lowest BCUT2D eigenvalue weighted by molar-refractivity contribution is 0.665. The van der Waals surface area contributed by atoms with Crippen LogP contribution in [-0.4, -0.2) is 11.5 Å². The molecule has 1 aliphatic heterocycles. The molecule has 3 nitrogen and oxygen atoms in total. The summed E-state index contributed by atoms with van der Waals surface area (Å²) in [7, 11) is 0. The van der Waals surface area contributed by atoms with Crippen molar-refractivity contribution in [2.24, 2.45) is 9.98 Å². The number of benzene rings is 7. The fraction of sp³-hybridized carbons (Fsp3) is 0.0500. The number of hydrogen-bond donors (Lipinski definition) is 0. The Balaban J connectivity index is 1.27. The van der Waals surface area contributed by atoms with E-state index in [9.17, 15) is 0 Å². The van der Waals surface area contributed by atoms with Crippen molar-refractivity contribution in [2.45, 2.75) is 12.5 Å². The van der Waals surface area contributed by atoms with Crippen LogP contribution in [0.25, 0.3) is 54.3 Å². The number of amidine groups is 1. The van der Waals surface area contributed by atoms with Crippen LogP contribution in [0.3, 0.4) is 0 Å². The largest absolute Gasteiger partial charge is 0.456 e. The van der Waals surface area contributed by atoms with Crippen LogP contribution in [0.15, 0.2) is 154 Å². The van der Waals surface area contributed by atoms with Crippen LogP contribution in [0.2, 0.25) is 0 Å². The molecule has 0 bridgehead atoms. The summed E-state index contributed by atoms with van der Waals surface area (Å²) < 4.78 is 6.27. The lowest BCUT2D eigenvalue weighted by Gasteiger charge is -2.22. The van der Waals surface area contributed by atoms with Crippen molar-refractivity contribution in [3.63, 3.8) is 0 Å². The Bertz CT molecular complexity index is 2430. The summed E-state index contributed by atoms with van der Waals surface area (Å²) in [4.78, 5) is 10.6. The number of aliphatic imine (C=N–C) groups is 2. The van der Waals surface area contributed by atoms with Gasteiger partial charge in [-0.3, -0.25) is 4.99 Å². The van der Waals surface area contributed by atoms with Crippen molar-refractivity contribution < 1.29 is 4.42 Å². The second kappa shape index (κ2) is 9.50. The van der Waals surface area contributed by atoms with E-state index in [1.54, 1.807) is 0 Å². The van der Waals surface area contributed by atoms with Gasteiger partial charge in [-0.1, -0.05) is 127 Å². The van der Waals surface area contributed by atoms with E-state index in [0.717, 1.165) is 56.6 Å². The lowest BCUT2D eigenvalue weighted by Crippen LogP contribution is -2.17. The first-order valence-corrected chi connectivity index (χ1v) is 14.8. The molecule has 0 saturated heterocycles. The van der Waals surface area contributed by atoms with Crippen LogP contribution in [0.1, 0.15) is 29.2 Å². The summed E-state index contributed by atoms with van der Waals surface area (Å²) in [6, 6.07) is 49.2. The highest BCUT2D eigenvalue weighted by molar-refractivity contribution is 6.25. The highest BCUT2D eigenvalue weighted by atomic mass is 16.3. The Morgan fingerprint density at radius 1 is 0.535 bits per heavy atom. The minimum absolute atomic E-state index is 0.0913. The van der Waals surface area contributed by atoms with Gasteiger partial charge in [-0.05, 0) is 50.2 Å². The molecule has 2 heterocycles. The summed E-state index contributed by atoms with van der Waals surface area (Å²) in [5, 5.41) is 9.60. The van der Waals surface area contributed by atoms with Gasteiger partial charge in [0.25, 0.3) is 0 Å². The van der Waals surface area contributed by atoms with Crippen LogP contribution in [0, 0.1) is 0 Å². The predicted octanol–water partition coefficient (Wildman–Crippen LogP) is 10.4. The quantitative estimate of drug-likeness (QED) is 0.202. The molecule has 43 heavy (non-hydrogen) atoms. The van der Waals surface area contributed by atoms with Crippen LogP contribution < -0.4 is 0 Å². The van der Waals surface area contributed by atoms with Crippen LogP contribution in [0.4, 0.5) is 0 Å². The zero-order valence-electron chi connectivity index (χ0n) is 23.4. The minimum Gasteiger partial charge on any atom is -0.456 e. The topological polar surface area (TPSA) is 37.9 Å². The number of rotatable bonds is 3. The third-order valence-electron chi connectivity index (χ3n) is 8.81. The van der Waals surface area contributed by atoms with Gasteiger partial charge in [0.05, 0.1) is 11.8 Å². The lowest BCUT2D eigenvalue weighted by atomic mass is 9.92. The minimum atomic E-state index is -0.0913. The Hall–Kier alpha value is -5.54. The summed E-state index contributed by atoms with van der Waals surface area (Å²) in [6.07, 6.45) is 0.718. The molecular formula is C40H26N2O. The van der Waals surface area contributed by atoms with Gasteiger partial charge in [0.15, 0.2) is 5.84 Å². The molecule has 0 amide bonds. The molecule has 1 atom stereocenters. The van der Waals surface area contributed by atoms with Crippen molar-refractivity contribution in [1.29, 1.82) is 0 Å². The van der Waals surface area contributed by atoms with Crippen LogP contribution >= 0.6 is 0 Å². The zero-order valence-corrected chi connectivity index (χ0v) is 23.4. The van der Waals surface area contributed by atoms with Gasteiger partial charge in [0, 0.05) is 28.1 Å². The van der Waals surface area contributed by atoms with Gasteiger partial charge in [0.2, 0.25) is 0 Å². The fourth-order valence-electron chi connectivity index (χ4n) is 6.73. The molecule has 202 valence electrons. The second-order valence-electron chi connectivity index (χ2n) is 11.3. The SMILES string of the molecule is c1ccc(C2=NC(c3cccc4ccc5c6ccccc6ccc5c34)=N[C@@H](c3ccc4c(c3)oc3ccccc34)C2)cc1. The van der Waals surface area contributed by atoms with E-state index < -0.39 is 0 Å². The number of nitrogens with zero attached hydrogens (tertiary/aromatic N) is 2. The number of para-hydroxylation sites is 1. The smallest absolute Gasteiger partial charge is 0.156 e. The van der Waals surface area contributed by atoms with E-state index in [1.807, 2.05) is 12.1 Å². The molecule has 0 aliphatic carbocycles. The van der Waals surface area contributed by atoms with Crippen LogP contribution in [0.5, 0.6) is 0 Å². The molecule has 0 N–H and O–H groups in total. The Morgan fingerprint density at radius 3 is 2.19 bits per heavy atom. The first-order valence-electron chi connectivity index (χ1n) is 14.8. The number of furan rings is 1. The molecule has 1 aliphatic rings. The second-order valence-corrected chi connectivity index (χ2v) is 11.3. The van der Waals surface area contributed by atoms with Crippen molar-refractivity contribution >= 4 is 65.8 Å². The first-order chi connectivity index (χ1) is 21.3. The molecule has 7 aromatic carbocycles. The van der Waals surface area contributed by atoms with E-state index in [1.165, 1.54) is 32.3 Å². The maximum Gasteiger partial charge on any atom is 0.156 e. The average Bonchev–Trinajstić information content (AvgIpc) is 3.46. The van der Waals surface area contributed by atoms with E-state index in [-0.39, 0.29) is 6.04 Å². The molecule has 8 aromatic rings. The Kier molecular flexibility index (Phi) is 5.32. The van der Waals surface area contributed by atoms with Gasteiger partial charge >= 0.3 is 0 Å². The average molecular weight is 551 g/mol. The standard InChI is InChI=1S/C40H26N2O/c1-2-10-26(11-3-1)35-24-36(28-19-21-32-31-14-6-7-16-37(31)43-38(32)23-28)42-40(41-35)34-15-8-12-27-18-20-30-29-13-5-4-9-25(29)17-22-33(30)39(27)34/h1-23,36H,24H2/t36-/m1/s1. The third kappa shape index (κ3) is 3.89. The molecule has 0 radical (unpaired) electrons. The molecule has 3 heteroatoms. The highest BCUT2D eigenvalue weighted by Gasteiger charge is 2.24. The normalized spacial score (nSPS) is 15.4. The van der Waals surface area contributed by atoms with E-state index >= 15 is 0 Å². The molecule has 0 fully saturated rings. The van der Waals surface area contributed by atoms with Crippen molar-refractivity contribution in [3.8, 4) is 0 Å². The van der Waals surface area contributed by atoms with E-state index in [0.29, 0.717) is 0 Å². The summed E-state index contributed by atoms with van der Waals surface area (Å²) >= 11 is 0. The van der Waals surface area contributed by atoms with Crippen molar-refractivity contribution in [1.82, 2.24) is 0 Å². The Morgan fingerprint density at radius 2 is 1.26 bits per heavy atom. The third-order valence-corrected chi connectivity index (χ3v) is 8.81. The monoisotopic (exact) mass is 550 g/mol. The molecule has 9 rings (SSSR count). The summed E-state index contributed by atoms with van der Waals surface area (Å²) in [5.74, 6) is 0.770. The zero-order chi connectivity index (χ0) is 28.3. The molecule has 0 unspecified atom stereocenters. The van der Waals surface area contributed by atoms with Crippen molar-refractivity contribution in [3.05, 3.63) is 156 Å². The van der Waals surface area contributed by atoms with Crippen molar-refractivity contribution in [2.75, 3.05) is 0 Å². The highest BCUT2D eigenvalue weighted by Crippen LogP contribution is 2.37. The summed E-state index contributed by atoms with van der Waals surface area (Å²) in [6.45, 7) is 0. The maximum absolute atomic E-state index is 6.27. The van der Waals surface area contributed by atoms with Gasteiger partial charge < -0.3 is 4.42 Å². The first kappa shape index (κ1) is 24.1. The number of hydrogen-bond acceptors (Lipinski definition) is 3. The van der Waals surface area contributed by atoms with Gasteiger partial charge in [-0.15, -0.1) is 0 Å². The number of fused-ring (bicyclic) bond motifs is 8. The Labute approximate surface area is 248 Å². The molecule has 1 aromatic heterocycles. The predicted molar refractivity (Wildman–Crippen MR) is 180 cm³/mol. The van der Waals surface area contributed by atoms with Gasteiger partial charge in [0.1, 0.15) is 11.2 Å². The van der Waals surface area contributed by atoms with Gasteiger partial charge in [-0.2, -0.15) is 0 Å². The van der Waals surface area contributed by atoms with E-state index in [4.69, 9.17) is 14.4 Å². The summed E-state index contributed by atoms with van der Waals surface area (Å²) in [5.41, 5.74) is 6.15. The molecule has 0 spiro atoms.